The van der Waals surface area contributed by atoms with E-state index >= 15 is 0 Å². The Hall–Kier alpha value is -2.45. The van der Waals surface area contributed by atoms with E-state index in [4.69, 9.17) is 5.73 Å². The summed E-state index contributed by atoms with van der Waals surface area (Å²) in [5, 5.41) is 11.1. The Morgan fingerprint density at radius 3 is 2.39 bits per heavy atom. The van der Waals surface area contributed by atoms with Crippen LogP contribution in [0.25, 0.3) is 10.1 Å². The molecule has 2 rings (SSSR count). The third-order valence-corrected chi connectivity index (χ3v) is 5.25. The number of hydrogen-bond acceptors (Lipinski definition) is 5. The molecule has 0 unspecified atom stereocenters. The average molecular weight is 405 g/mol. The van der Waals surface area contributed by atoms with Gasteiger partial charge >= 0.3 is 0 Å². The summed E-state index contributed by atoms with van der Waals surface area (Å²) >= 11 is 1.59. The SMILES string of the molecule is CC(C)C(=O)NCNC(=O)[C@@H](Cc1csc2ccccc12)NC(=O)C(C)(C)N. The van der Waals surface area contributed by atoms with Crippen LogP contribution in [0, 0.1) is 5.92 Å². The topological polar surface area (TPSA) is 113 Å². The minimum absolute atomic E-state index is 0.00137. The lowest BCUT2D eigenvalue weighted by Gasteiger charge is -2.24. The lowest BCUT2D eigenvalue weighted by Crippen LogP contribution is -2.57. The van der Waals surface area contributed by atoms with Gasteiger partial charge in [0.25, 0.3) is 0 Å². The third kappa shape index (κ3) is 5.77. The van der Waals surface area contributed by atoms with Gasteiger partial charge in [-0.1, -0.05) is 32.0 Å². The number of nitrogens with two attached hydrogens (primary N) is 1. The molecule has 0 bridgehead atoms. The van der Waals surface area contributed by atoms with E-state index < -0.39 is 17.5 Å². The molecule has 0 aliphatic carbocycles. The van der Waals surface area contributed by atoms with Gasteiger partial charge in [-0.3, -0.25) is 14.4 Å². The molecule has 0 spiro atoms. The summed E-state index contributed by atoms with van der Waals surface area (Å²) < 4.78 is 1.12. The molecule has 1 atom stereocenters. The van der Waals surface area contributed by atoms with Gasteiger partial charge in [-0.25, -0.2) is 0 Å². The summed E-state index contributed by atoms with van der Waals surface area (Å²) in [6.07, 6.45) is 0.329. The molecule has 1 aromatic heterocycles. The van der Waals surface area contributed by atoms with E-state index in [-0.39, 0.29) is 24.4 Å². The number of benzene rings is 1. The molecule has 152 valence electrons. The molecule has 0 aliphatic heterocycles. The number of thiophene rings is 1. The zero-order valence-corrected chi connectivity index (χ0v) is 17.5. The average Bonchev–Trinajstić information content (AvgIpc) is 3.03. The molecule has 1 aromatic carbocycles. The van der Waals surface area contributed by atoms with E-state index in [1.807, 2.05) is 29.6 Å². The van der Waals surface area contributed by atoms with Crippen molar-refractivity contribution in [2.75, 3.05) is 6.67 Å². The second-order valence-corrected chi connectivity index (χ2v) is 8.53. The monoisotopic (exact) mass is 404 g/mol. The molecule has 3 amide bonds. The van der Waals surface area contributed by atoms with Crippen molar-refractivity contribution in [2.24, 2.45) is 11.7 Å². The van der Waals surface area contributed by atoms with Crippen LogP contribution in [0.1, 0.15) is 33.3 Å². The molecule has 0 radical (unpaired) electrons. The number of amides is 3. The van der Waals surface area contributed by atoms with Gasteiger partial charge in [-0.05, 0) is 36.2 Å². The van der Waals surface area contributed by atoms with Crippen LogP contribution in [0.15, 0.2) is 29.6 Å². The Bertz CT molecular complexity index is 854. The second kappa shape index (κ2) is 9.16. The fourth-order valence-electron chi connectivity index (χ4n) is 2.51. The Kier molecular flexibility index (Phi) is 7.15. The molecule has 0 saturated heterocycles. The Morgan fingerprint density at radius 2 is 1.75 bits per heavy atom. The molecule has 1 heterocycles. The molecule has 5 N–H and O–H groups in total. The molecule has 2 aromatic rings. The normalized spacial score (nSPS) is 12.6. The van der Waals surface area contributed by atoms with Gasteiger partial charge in [0.15, 0.2) is 0 Å². The van der Waals surface area contributed by atoms with Crippen molar-refractivity contribution in [3.8, 4) is 0 Å². The number of fused-ring (bicyclic) bond motifs is 1. The first-order valence-corrected chi connectivity index (χ1v) is 10.1. The van der Waals surface area contributed by atoms with Crippen LogP contribution in [0.5, 0.6) is 0 Å². The molecular weight excluding hydrogens is 376 g/mol. The first-order valence-electron chi connectivity index (χ1n) is 9.20. The molecular formula is C20H28N4O3S. The van der Waals surface area contributed by atoms with Crippen LogP contribution in [-0.2, 0) is 20.8 Å². The number of hydrogen-bond donors (Lipinski definition) is 4. The van der Waals surface area contributed by atoms with E-state index in [9.17, 15) is 14.4 Å². The van der Waals surface area contributed by atoms with E-state index in [0.29, 0.717) is 6.42 Å². The predicted molar refractivity (Wildman–Crippen MR) is 112 cm³/mol. The van der Waals surface area contributed by atoms with Gasteiger partial charge in [0.05, 0.1) is 12.2 Å². The minimum atomic E-state index is -1.11. The van der Waals surface area contributed by atoms with Gasteiger partial charge in [-0.2, -0.15) is 0 Å². The van der Waals surface area contributed by atoms with Crippen molar-refractivity contribution in [1.82, 2.24) is 16.0 Å². The highest BCUT2D eigenvalue weighted by Gasteiger charge is 2.28. The lowest BCUT2D eigenvalue weighted by atomic mass is 10.0. The van der Waals surface area contributed by atoms with Crippen LogP contribution < -0.4 is 21.7 Å². The first kappa shape index (κ1) is 21.8. The molecule has 8 heteroatoms. The molecule has 28 heavy (non-hydrogen) atoms. The van der Waals surface area contributed by atoms with E-state index in [2.05, 4.69) is 16.0 Å². The van der Waals surface area contributed by atoms with Crippen molar-refractivity contribution in [3.05, 3.63) is 35.2 Å². The third-order valence-electron chi connectivity index (χ3n) is 4.24. The van der Waals surface area contributed by atoms with Crippen molar-refractivity contribution in [2.45, 2.75) is 45.7 Å². The molecule has 0 aliphatic rings. The smallest absolute Gasteiger partial charge is 0.244 e. The van der Waals surface area contributed by atoms with Crippen molar-refractivity contribution in [3.63, 3.8) is 0 Å². The largest absolute Gasteiger partial charge is 0.342 e. The standard InChI is InChI=1S/C20H28N4O3S/c1-12(2)17(25)22-11-23-18(26)15(24-19(27)20(3,4)21)9-13-10-28-16-8-6-5-7-14(13)16/h5-8,10,12,15H,9,11,21H2,1-4H3,(H,22,25)(H,23,26)(H,24,27)/t15-/m1/s1. The van der Waals surface area contributed by atoms with Gasteiger partial charge in [0.1, 0.15) is 6.04 Å². The maximum atomic E-state index is 12.7. The molecule has 0 saturated carbocycles. The highest BCUT2D eigenvalue weighted by Crippen LogP contribution is 2.26. The summed E-state index contributed by atoms with van der Waals surface area (Å²) in [5.74, 6) is -1.13. The number of carbonyl (C=O) groups excluding carboxylic acids is 3. The minimum Gasteiger partial charge on any atom is -0.342 e. The Morgan fingerprint density at radius 1 is 1.11 bits per heavy atom. The van der Waals surface area contributed by atoms with Gasteiger partial charge in [0.2, 0.25) is 17.7 Å². The van der Waals surface area contributed by atoms with Crippen LogP contribution in [0.2, 0.25) is 0 Å². The predicted octanol–water partition coefficient (Wildman–Crippen LogP) is 1.51. The van der Waals surface area contributed by atoms with E-state index in [1.54, 1.807) is 39.0 Å². The summed E-state index contributed by atoms with van der Waals surface area (Å²) in [6, 6.07) is 7.11. The summed E-state index contributed by atoms with van der Waals surface area (Å²) in [6.45, 7) is 6.70. The second-order valence-electron chi connectivity index (χ2n) is 7.62. The summed E-state index contributed by atoms with van der Waals surface area (Å²) in [4.78, 5) is 36.7. The lowest BCUT2D eigenvalue weighted by molar-refractivity contribution is -0.131. The van der Waals surface area contributed by atoms with E-state index in [1.165, 1.54) is 0 Å². The fraction of sp³-hybridized carbons (Fsp3) is 0.450. The van der Waals surface area contributed by atoms with Crippen molar-refractivity contribution >= 4 is 39.1 Å². The highest BCUT2D eigenvalue weighted by molar-refractivity contribution is 7.17. The van der Waals surface area contributed by atoms with Gasteiger partial charge < -0.3 is 21.7 Å². The van der Waals surface area contributed by atoms with Crippen LogP contribution in [0.3, 0.4) is 0 Å². The van der Waals surface area contributed by atoms with Crippen LogP contribution in [0.4, 0.5) is 0 Å². The summed E-state index contributed by atoms with van der Waals surface area (Å²) in [5.41, 5.74) is 5.73. The highest BCUT2D eigenvalue weighted by atomic mass is 32.1. The van der Waals surface area contributed by atoms with E-state index in [0.717, 1.165) is 15.6 Å². The first-order chi connectivity index (χ1) is 13.1. The Labute approximate surface area is 169 Å². The van der Waals surface area contributed by atoms with Crippen LogP contribution in [-0.4, -0.2) is 36.0 Å². The summed E-state index contributed by atoms with van der Waals surface area (Å²) in [7, 11) is 0. The van der Waals surface area contributed by atoms with Crippen LogP contribution >= 0.6 is 11.3 Å². The van der Waals surface area contributed by atoms with Gasteiger partial charge in [-0.15, -0.1) is 11.3 Å². The zero-order valence-electron chi connectivity index (χ0n) is 16.7. The molecule has 7 nitrogen and oxygen atoms in total. The Balaban J connectivity index is 2.13. The quantitative estimate of drug-likeness (QED) is 0.500. The van der Waals surface area contributed by atoms with Crippen molar-refractivity contribution in [1.29, 1.82) is 0 Å². The van der Waals surface area contributed by atoms with Crippen molar-refractivity contribution < 1.29 is 14.4 Å². The maximum Gasteiger partial charge on any atom is 0.244 e. The number of nitrogens with one attached hydrogen (secondary N) is 3. The number of rotatable bonds is 8. The maximum absolute atomic E-state index is 12.7. The number of carbonyl (C=O) groups is 3. The fourth-order valence-corrected chi connectivity index (χ4v) is 3.49. The van der Waals surface area contributed by atoms with Gasteiger partial charge in [0, 0.05) is 17.0 Å². The molecule has 0 fully saturated rings. The zero-order chi connectivity index (χ0) is 20.9.